The number of hydrogen-bond acceptors (Lipinski definition) is 3. The van der Waals surface area contributed by atoms with E-state index in [9.17, 15) is 0 Å². The van der Waals surface area contributed by atoms with Gasteiger partial charge in [0.1, 0.15) is 0 Å². The van der Waals surface area contributed by atoms with E-state index in [4.69, 9.17) is 16.2 Å². The summed E-state index contributed by atoms with van der Waals surface area (Å²) in [7, 11) is 0. The Morgan fingerprint density at radius 3 is 2.71 bits per heavy atom. The van der Waals surface area contributed by atoms with Crippen molar-refractivity contribution in [3.05, 3.63) is 34.3 Å². The van der Waals surface area contributed by atoms with Crippen LogP contribution in [0.1, 0.15) is 5.56 Å². The molecular formula is C10H15BrN2O. The van der Waals surface area contributed by atoms with Crippen LogP contribution >= 0.6 is 15.9 Å². The van der Waals surface area contributed by atoms with E-state index in [-0.39, 0.29) is 6.04 Å². The van der Waals surface area contributed by atoms with Crippen molar-refractivity contribution < 1.29 is 4.74 Å². The summed E-state index contributed by atoms with van der Waals surface area (Å²) in [6, 6.07) is 7.88. The highest BCUT2D eigenvalue weighted by Gasteiger charge is 2.01. The standard InChI is InChI=1S/C10H15BrN2O/c11-10-4-2-1-3-8(10)6-14-7-9(13)5-12/h1-4,9H,5-7,12-13H2. The quantitative estimate of drug-likeness (QED) is 0.836. The third-order valence-electron chi connectivity index (χ3n) is 1.85. The Labute approximate surface area is 92.6 Å². The normalized spacial score (nSPS) is 12.8. The summed E-state index contributed by atoms with van der Waals surface area (Å²) in [5.41, 5.74) is 12.1. The van der Waals surface area contributed by atoms with E-state index < -0.39 is 0 Å². The summed E-state index contributed by atoms with van der Waals surface area (Å²) in [6.07, 6.45) is 0. The van der Waals surface area contributed by atoms with Crippen molar-refractivity contribution >= 4 is 15.9 Å². The van der Waals surface area contributed by atoms with E-state index >= 15 is 0 Å². The van der Waals surface area contributed by atoms with Crippen LogP contribution in [0.2, 0.25) is 0 Å². The Balaban J connectivity index is 2.35. The van der Waals surface area contributed by atoms with Crippen molar-refractivity contribution in [3.8, 4) is 0 Å². The Bertz CT molecular complexity index is 281. The predicted octanol–water partition coefficient (Wildman–Crippen LogP) is 1.25. The van der Waals surface area contributed by atoms with Crippen LogP contribution in [0.3, 0.4) is 0 Å². The van der Waals surface area contributed by atoms with Crippen molar-refractivity contribution in [2.45, 2.75) is 12.6 Å². The van der Waals surface area contributed by atoms with Gasteiger partial charge in [-0.25, -0.2) is 0 Å². The number of hydrogen-bond donors (Lipinski definition) is 2. The van der Waals surface area contributed by atoms with Crippen LogP contribution in [-0.2, 0) is 11.3 Å². The number of ether oxygens (including phenoxy) is 1. The van der Waals surface area contributed by atoms with Gasteiger partial charge in [0.25, 0.3) is 0 Å². The minimum Gasteiger partial charge on any atom is -0.375 e. The zero-order valence-corrected chi connectivity index (χ0v) is 9.53. The minimum atomic E-state index is -0.0718. The Morgan fingerprint density at radius 1 is 1.36 bits per heavy atom. The molecule has 0 heterocycles. The molecule has 0 radical (unpaired) electrons. The van der Waals surface area contributed by atoms with Crippen molar-refractivity contribution in [1.82, 2.24) is 0 Å². The van der Waals surface area contributed by atoms with Gasteiger partial charge in [-0.2, -0.15) is 0 Å². The van der Waals surface area contributed by atoms with Crippen LogP contribution in [0.5, 0.6) is 0 Å². The molecule has 0 fully saturated rings. The number of rotatable bonds is 5. The van der Waals surface area contributed by atoms with E-state index in [1.54, 1.807) is 0 Å². The highest BCUT2D eigenvalue weighted by Crippen LogP contribution is 2.16. The van der Waals surface area contributed by atoms with Crippen molar-refractivity contribution in [3.63, 3.8) is 0 Å². The first kappa shape index (κ1) is 11.7. The molecule has 1 unspecified atom stereocenters. The second-order valence-corrected chi connectivity index (χ2v) is 3.96. The molecule has 1 atom stereocenters. The average Bonchev–Trinajstić information content (AvgIpc) is 2.20. The summed E-state index contributed by atoms with van der Waals surface area (Å²) in [6.45, 7) is 1.52. The smallest absolute Gasteiger partial charge is 0.0728 e. The van der Waals surface area contributed by atoms with E-state index in [0.29, 0.717) is 19.8 Å². The first-order chi connectivity index (χ1) is 6.74. The van der Waals surface area contributed by atoms with E-state index in [0.717, 1.165) is 10.0 Å². The fourth-order valence-corrected chi connectivity index (χ4v) is 1.40. The van der Waals surface area contributed by atoms with Crippen LogP contribution in [0, 0.1) is 0 Å². The Hall–Kier alpha value is -0.420. The molecule has 0 aliphatic heterocycles. The fourth-order valence-electron chi connectivity index (χ4n) is 1.00. The molecule has 1 aromatic carbocycles. The molecule has 0 aliphatic carbocycles. The molecule has 0 spiro atoms. The van der Waals surface area contributed by atoms with Gasteiger partial charge < -0.3 is 16.2 Å². The molecule has 1 aromatic rings. The molecule has 1 rings (SSSR count). The summed E-state index contributed by atoms with van der Waals surface area (Å²) in [5, 5.41) is 0. The van der Waals surface area contributed by atoms with Crippen LogP contribution in [0.4, 0.5) is 0 Å². The van der Waals surface area contributed by atoms with Gasteiger partial charge in [-0.05, 0) is 11.6 Å². The lowest BCUT2D eigenvalue weighted by Gasteiger charge is -2.10. The van der Waals surface area contributed by atoms with Crippen LogP contribution in [0.15, 0.2) is 28.7 Å². The van der Waals surface area contributed by atoms with Gasteiger partial charge in [0.05, 0.1) is 13.2 Å². The number of halogens is 1. The molecule has 0 amide bonds. The average molecular weight is 259 g/mol. The van der Waals surface area contributed by atoms with E-state index in [1.165, 1.54) is 0 Å². The molecule has 0 aromatic heterocycles. The molecule has 4 N–H and O–H groups in total. The molecule has 0 aliphatic rings. The minimum absolute atomic E-state index is 0.0718. The Kier molecular flexibility index (Phi) is 5.11. The molecule has 0 saturated heterocycles. The maximum absolute atomic E-state index is 5.61. The Morgan fingerprint density at radius 2 is 2.07 bits per heavy atom. The van der Waals surface area contributed by atoms with E-state index in [1.807, 2.05) is 24.3 Å². The SMILES string of the molecule is NCC(N)COCc1ccccc1Br. The molecule has 0 bridgehead atoms. The van der Waals surface area contributed by atoms with Gasteiger partial charge in [-0.15, -0.1) is 0 Å². The predicted molar refractivity (Wildman–Crippen MR) is 60.8 cm³/mol. The zero-order valence-electron chi connectivity index (χ0n) is 7.95. The highest BCUT2D eigenvalue weighted by atomic mass is 79.9. The third-order valence-corrected chi connectivity index (χ3v) is 2.62. The summed E-state index contributed by atoms with van der Waals surface area (Å²) >= 11 is 3.44. The van der Waals surface area contributed by atoms with Gasteiger partial charge >= 0.3 is 0 Å². The summed E-state index contributed by atoms with van der Waals surface area (Å²) < 4.78 is 6.47. The largest absolute Gasteiger partial charge is 0.375 e. The number of nitrogens with two attached hydrogens (primary N) is 2. The third kappa shape index (κ3) is 3.75. The van der Waals surface area contributed by atoms with E-state index in [2.05, 4.69) is 15.9 Å². The zero-order chi connectivity index (χ0) is 10.4. The first-order valence-corrected chi connectivity index (χ1v) is 5.30. The second kappa shape index (κ2) is 6.14. The molecule has 0 saturated carbocycles. The van der Waals surface area contributed by atoms with Crippen LogP contribution in [0.25, 0.3) is 0 Å². The van der Waals surface area contributed by atoms with Gasteiger partial charge in [0, 0.05) is 17.1 Å². The van der Waals surface area contributed by atoms with Crippen molar-refractivity contribution in [2.75, 3.05) is 13.2 Å². The molecule has 3 nitrogen and oxygen atoms in total. The molecule has 14 heavy (non-hydrogen) atoms. The lowest BCUT2D eigenvalue weighted by atomic mass is 10.2. The maximum atomic E-state index is 5.61. The molecule has 78 valence electrons. The molecular weight excluding hydrogens is 244 g/mol. The summed E-state index contributed by atoms with van der Waals surface area (Å²) in [5.74, 6) is 0. The van der Waals surface area contributed by atoms with Crippen molar-refractivity contribution in [2.24, 2.45) is 11.5 Å². The monoisotopic (exact) mass is 258 g/mol. The van der Waals surface area contributed by atoms with Crippen LogP contribution < -0.4 is 11.5 Å². The number of benzene rings is 1. The first-order valence-electron chi connectivity index (χ1n) is 4.51. The highest BCUT2D eigenvalue weighted by molar-refractivity contribution is 9.10. The lowest BCUT2D eigenvalue weighted by molar-refractivity contribution is 0.109. The van der Waals surface area contributed by atoms with Gasteiger partial charge in [-0.1, -0.05) is 34.1 Å². The maximum Gasteiger partial charge on any atom is 0.0728 e. The van der Waals surface area contributed by atoms with Gasteiger partial charge in [0.15, 0.2) is 0 Å². The molecule has 4 heteroatoms. The second-order valence-electron chi connectivity index (χ2n) is 3.10. The van der Waals surface area contributed by atoms with Crippen molar-refractivity contribution in [1.29, 1.82) is 0 Å². The van der Waals surface area contributed by atoms with Gasteiger partial charge in [-0.3, -0.25) is 0 Å². The fraction of sp³-hybridized carbons (Fsp3) is 0.400. The summed E-state index contributed by atoms with van der Waals surface area (Å²) in [4.78, 5) is 0. The topological polar surface area (TPSA) is 61.3 Å². The van der Waals surface area contributed by atoms with Gasteiger partial charge in [0.2, 0.25) is 0 Å². The van der Waals surface area contributed by atoms with Crippen LogP contribution in [-0.4, -0.2) is 19.2 Å². The lowest BCUT2D eigenvalue weighted by Crippen LogP contribution is -2.34.